The summed E-state index contributed by atoms with van der Waals surface area (Å²) >= 11 is 1.76. The lowest BCUT2D eigenvalue weighted by Crippen LogP contribution is -2.47. The Labute approximate surface area is 192 Å². The van der Waals surface area contributed by atoms with E-state index < -0.39 is 10.8 Å². The molecule has 1 aliphatic heterocycles. The van der Waals surface area contributed by atoms with Gasteiger partial charge in [0.15, 0.2) is 11.1 Å². The van der Waals surface area contributed by atoms with Crippen molar-refractivity contribution in [2.45, 2.75) is 63.2 Å². The molecule has 1 aliphatic carbocycles. The standard InChI is InChI=1S/C19H33N5OS2.HI/c1-3-27(25)17-8-6-7-15(13-17)22-18(20-2)21-10-9-16-14-26-19(23-16)24-11-4-5-12-24;/h14-15,17H,3-13H2,1-2H3,(H2,20,21,22);1H. The van der Waals surface area contributed by atoms with E-state index in [1.807, 2.05) is 14.0 Å². The Bertz CT molecular complexity index is 648. The van der Waals surface area contributed by atoms with Crippen molar-refractivity contribution in [3.05, 3.63) is 11.1 Å². The summed E-state index contributed by atoms with van der Waals surface area (Å²) in [4.78, 5) is 11.5. The number of guanidine groups is 1. The summed E-state index contributed by atoms with van der Waals surface area (Å²) in [6.07, 6.45) is 7.81. The zero-order valence-corrected chi connectivity index (χ0v) is 20.9. The van der Waals surface area contributed by atoms with E-state index in [9.17, 15) is 4.21 Å². The molecule has 2 aliphatic rings. The minimum absolute atomic E-state index is 0. The molecule has 6 nitrogen and oxygen atoms in total. The van der Waals surface area contributed by atoms with Gasteiger partial charge in [-0.1, -0.05) is 13.3 Å². The van der Waals surface area contributed by atoms with Crippen molar-refractivity contribution in [2.24, 2.45) is 4.99 Å². The fourth-order valence-corrected chi connectivity index (χ4v) is 6.17. The first-order valence-corrected chi connectivity index (χ1v) is 12.5. The van der Waals surface area contributed by atoms with Crippen LogP contribution >= 0.6 is 35.3 Å². The average Bonchev–Trinajstić information content (AvgIpc) is 3.38. The number of nitrogens with zero attached hydrogens (tertiary/aromatic N) is 3. The molecular weight excluding hydrogens is 505 g/mol. The number of hydrogen-bond acceptors (Lipinski definition) is 5. The largest absolute Gasteiger partial charge is 0.356 e. The topological polar surface area (TPSA) is 69.6 Å². The molecule has 0 amide bonds. The highest BCUT2D eigenvalue weighted by Crippen LogP contribution is 2.24. The number of hydrogen-bond donors (Lipinski definition) is 2. The van der Waals surface area contributed by atoms with Crippen molar-refractivity contribution in [2.75, 3.05) is 37.3 Å². The number of anilines is 1. The first kappa shape index (κ1) is 23.9. The van der Waals surface area contributed by atoms with E-state index in [0.29, 0.717) is 11.3 Å². The van der Waals surface area contributed by atoms with Gasteiger partial charge in [0.05, 0.1) is 5.69 Å². The maximum absolute atomic E-state index is 12.1. The molecule has 3 unspecified atom stereocenters. The first-order chi connectivity index (χ1) is 13.2. The van der Waals surface area contributed by atoms with E-state index in [1.54, 1.807) is 11.3 Å². The fraction of sp³-hybridized carbons (Fsp3) is 0.789. The molecule has 1 saturated carbocycles. The van der Waals surface area contributed by atoms with Crippen molar-refractivity contribution in [3.8, 4) is 0 Å². The Morgan fingerprint density at radius 3 is 2.86 bits per heavy atom. The zero-order chi connectivity index (χ0) is 19.1. The molecule has 0 aromatic carbocycles. The van der Waals surface area contributed by atoms with Gasteiger partial charge in [-0.3, -0.25) is 9.20 Å². The van der Waals surface area contributed by atoms with Gasteiger partial charge in [0.2, 0.25) is 0 Å². The molecule has 0 bridgehead atoms. The monoisotopic (exact) mass is 539 g/mol. The van der Waals surface area contributed by atoms with Crippen LogP contribution in [0.25, 0.3) is 0 Å². The van der Waals surface area contributed by atoms with Crippen molar-refractivity contribution >= 4 is 57.2 Å². The van der Waals surface area contributed by atoms with Crippen LogP contribution in [-0.2, 0) is 17.2 Å². The van der Waals surface area contributed by atoms with Crippen LogP contribution in [0.5, 0.6) is 0 Å². The van der Waals surface area contributed by atoms with E-state index >= 15 is 0 Å². The van der Waals surface area contributed by atoms with Gasteiger partial charge in [0.1, 0.15) is 0 Å². The second kappa shape index (κ2) is 12.3. The Hall–Kier alpha value is -0.420. The predicted molar refractivity (Wildman–Crippen MR) is 132 cm³/mol. The van der Waals surface area contributed by atoms with Gasteiger partial charge in [0.25, 0.3) is 0 Å². The zero-order valence-electron chi connectivity index (χ0n) is 17.0. The van der Waals surface area contributed by atoms with E-state index in [2.05, 4.69) is 25.9 Å². The van der Waals surface area contributed by atoms with E-state index in [-0.39, 0.29) is 24.0 Å². The predicted octanol–water partition coefficient (Wildman–Crippen LogP) is 3.15. The van der Waals surface area contributed by atoms with Crippen LogP contribution < -0.4 is 15.5 Å². The average molecular weight is 540 g/mol. The number of aromatic nitrogens is 1. The summed E-state index contributed by atoms with van der Waals surface area (Å²) in [6, 6.07) is 0.367. The molecule has 1 aromatic rings. The van der Waals surface area contributed by atoms with Crippen LogP contribution in [0.1, 0.15) is 51.1 Å². The van der Waals surface area contributed by atoms with Gasteiger partial charge in [0, 0.05) is 66.3 Å². The van der Waals surface area contributed by atoms with Crippen LogP contribution in [0.3, 0.4) is 0 Å². The van der Waals surface area contributed by atoms with E-state index in [0.717, 1.165) is 69.1 Å². The minimum atomic E-state index is -0.692. The van der Waals surface area contributed by atoms with Crippen molar-refractivity contribution < 1.29 is 4.21 Å². The van der Waals surface area contributed by atoms with E-state index in [4.69, 9.17) is 4.98 Å². The van der Waals surface area contributed by atoms with E-state index in [1.165, 1.54) is 18.0 Å². The Morgan fingerprint density at radius 2 is 2.14 bits per heavy atom. The molecule has 1 saturated heterocycles. The van der Waals surface area contributed by atoms with Crippen molar-refractivity contribution in [3.63, 3.8) is 0 Å². The quantitative estimate of drug-likeness (QED) is 0.317. The third-order valence-corrected chi connectivity index (χ3v) is 8.13. The lowest BCUT2D eigenvalue weighted by Gasteiger charge is -2.30. The summed E-state index contributed by atoms with van der Waals surface area (Å²) in [7, 11) is 1.12. The van der Waals surface area contributed by atoms with Crippen LogP contribution in [0.15, 0.2) is 10.4 Å². The molecule has 28 heavy (non-hydrogen) atoms. The maximum Gasteiger partial charge on any atom is 0.191 e. The lowest BCUT2D eigenvalue weighted by molar-refractivity contribution is 0.413. The molecule has 0 radical (unpaired) electrons. The summed E-state index contributed by atoms with van der Waals surface area (Å²) in [5.41, 5.74) is 1.15. The molecule has 3 atom stereocenters. The Balaban J connectivity index is 0.00000280. The van der Waals surface area contributed by atoms with Crippen molar-refractivity contribution in [1.82, 2.24) is 15.6 Å². The van der Waals surface area contributed by atoms with Crippen LogP contribution in [0, 0.1) is 0 Å². The maximum atomic E-state index is 12.1. The van der Waals surface area contributed by atoms with Gasteiger partial charge in [-0.15, -0.1) is 35.3 Å². The molecule has 9 heteroatoms. The molecule has 0 spiro atoms. The van der Waals surface area contributed by atoms with Crippen molar-refractivity contribution in [1.29, 1.82) is 0 Å². The fourth-order valence-electron chi connectivity index (χ4n) is 3.91. The summed E-state index contributed by atoms with van der Waals surface area (Å²) in [5.74, 6) is 1.61. The molecule has 2 N–H and O–H groups in total. The van der Waals surface area contributed by atoms with Crippen LogP contribution in [0.4, 0.5) is 5.13 Å². The number of nitrogens with one attached hydrogen (secondary N) is 2. The van der Waals surface area contributed by atoms with Crippen LogP contribution in [0.2, 0.25) is 0 Å². The SMILES string of the molecule is CCS(=O)C1CCCC(NC(=NC)NCCc2csc(N3CCCC3)n2)C1.I. The third kappa shape index (κ3) is 6.83. The highest BCUT2D eigenvalue weighted by atomic mass is 127. The van der Waals surface area contributed by atoms with Crippen LogP contribution in [-0.4, -0.2) is 58.9 Å². The molecule has 3 rings (SSSR count). The lowest BCUT2D eigenvalue weighted by atomic mass is 9.95. The number of aliphatic imine (C=N–C) groups is 1. The first-order valence-electron chi connectivity index (χ1n) is 10.2. The summed E-state index contributed by atoms with van der Waals surface area (Å²) in [5, 5.41) is 10.6. The minimum Gasteiger partial charge on any atom is -0.356 e. The molecule has 160 valence electrons. The normalized spacial score (nSPS) is 23.9. The second-order valence-corrected chi connectivity index (χ2v) is 10.2. The molecule has 1 aromatic heterocycles. The smallest absolute Gasteiger partial charge is 0.191 e. The third-order valence-electron chi connectivity index (χ3n) is 5.44. The number of rotatable bonds is 7. The Kier molecular flexibility index (Phi) is 10.5. The molecule has 2 heterocycles. The van der Waals surface area contributed by atoms with Gasteiger partial charge in [-0.2, -0.15) is 0 Å². The number of halogens is 1. The van der Waals surface area contributed by atoms with Gasteiger partial charge >= 0.3 is 0 Å². The molecular formula is C19H34IN5OS2. The summed E-state index contributed by atoms with van der Waals surface area (Å²) in [6.45, 7) is 5.13. The van der Waals surface area contributed by atoms with Gasteiger partial charge < -0.3 is 15.5 Å². The van der Waals surface area contributed by atoms with Gasteiger partial charge in [-0.05, 0) is 32.1 Å². The second-order valence-electron chi connectivity index (χ2n) is 7.36. The number of thiazole rings is 1. The molecule has 2 fully saturated rings. The Morgan fingerprint density at radius 1 is 1.36 bits per heavy atom. The highest BCUT2D eigenvalue weighted by molar-refractivity contribution is 14.0. The van der Waals surface area contributed by atoms with Gasteiger partial charge in [-0.25, -0.2) is 4.98 Å². The highest BCUT2D eigenvalue weighted by Gasteiger charge is 2.26. The summed E-state index contributed by atoms with van der Waals surface area (Å²) < 4.78 is 12.1.